The van der Waals surface area contributed by atoms with Crippen LogP contribution in [-0.2, 0) is 4.79 Å². The molecule has 0 unspecified atom stereocenters. The van der Waals surface area contributed by atoms with Gasteiger partial charge in [0.2, 0.25) is 0 Å². The Morgan fingerprint density at radius 3 is 2.60 bits per heavy atom. The smallest absolute Gasteiger partial charge is 0.262 e. The first kappa shape index (κ1) is 23.6. The van der Waals surface area contributed by atoms with Gasteiger partial charge >= 0.3 is 0 Å². The number of rotatable bonds is 9. The van der Waals surface area contributed by atoms with E-state index in [4.69, 9.17) is 21.7 Å². The number of halogens is 1. The number of benzene rings is 2. The van der Waals surface area contributed by atoms with Gasteiger partial charge in [0.15, 0.2) is 23.2 Å². The van der Waals surface area contributed by atoms with Crippen molar-refractivity contribution in [3.8, 4) is 11.5 Å². The molecule has 0 radical (unpaired) electrons. The third-order valence-corrected chi connectivity index (χ3v) is 4.56. The van der Waals surface area contributed by atoms with Crippen LogP contribution in [0.2, 0.25) is 0 Å². The highest BCUT2D eigenvalue weighted by Gasteiger charge is 2.14. The third kappa shape index (κ3) is 7.64. The Morgan fingerprint density at radius 1 is 1.20 bits per heavy atom. The van der Waals surface area contributed by atoms with Crippen molar-refractivity contribution in [3.63, 3.8) is 0 Å². The second-order valence-electron chi connectivity index (χ2n) is 6.20. The summed E-state index contributed by atoms with van der Waals surface area (Å²) < 4.78 is 12.1. The number of nitrogens with zero attached hydrogens (tertiary/aromatic N) is 1. The van der Waals surface area contributed by atoms with Crippen LogP contribution in [0.25, 0.3) is 0 Å². The molecule has 0 fully saturated rings. The minimum absolute atomic E-state index is 0.154. The van der Waals surface area contributed by atoms with E-state index in [1.807, 2.05) is 51.1 Å². The van der Waals surface area contributed by atoms with Crippen LogP contribution >= 0.6 is 28.1 Å². The molecule has 0 aliphatic carbocycles. The van der Waals surface area contributed by atoms with E-state index < -0.39 is 0 Å². The SMILES string of the molecule is CCNC(=S)NN=Cc1cc(Br)c(OCC(=O)Nc2ccc(C)cc2)c(OCC)c1. The summed E-state index contributed by atoms with van der Waals surface area (Å²) in [7, 11) is 0. The quantitative estimate of drug-likeness (QED) is 0.278. The zero-order valence-corrected chi connectivity index (χ0v) is 19.5. The van der Waals surface area contributed by atoms with Gasteiger partial charge in [-0.25, -0.2) is 0 Å². The first-order valence-electron chi connectivity index (χ1n) is 9.45. The second-order valence-corrected chi connectivity index (χ2v) is 7.46. The van der Waals surface area contributed by atoms with Crippen LogP contribution < -0.4 is 25.5 Å². The number of hydrogen-bond donors (Lipinski definition) is 3. The normalized spacial score (nSPS) is 10.5. The zero-order chi connectivity index (χ0) is 21.9. The molecular formula is C21H25BrN4O3S. The monoisotopic (exact) mass is 492 g/mol. The molecule has 3 N–H and O–H groups in total. The second kappa shape index (κ2) is 12.1. The van der Waals surface area contributed by atoms with Crippen LogP contribution in [0.1, 0.15) is 25.0 Å². The van der Waals surface area contributed by atoms with Gasteiger partial charge in [-0.15, -0.1) is 0 Å². The standard InChI is InChI=1S/C21H25BrN4O3S/c1-4-23-21(30)26-24-12-15-10-17(22)20(18(11-15)28-5-2)29-13-19(27)25-16-8-6-14(3)7-9-16/h6-12H,4-5,13H2,1-3H3,(H,25,27)(H2,23,26,30). The maximum Gasteiger partial charge on any atom is 0.262 e. The average Bonchev–Trinajstić information content (AvgIpc) is 2.69. The topological polar surface area (TPSA) is 84.0 Å². The highest BCUT2D eigenvalue weighted by Crippen LogP contribution is 2.36. The highest BCUT2D eigenvalue weighted by molar-refractivity contribution is 9.10. The molecule has 1 amide bonds. The van der Waals surface area contributed by atoms with Crippen molar-refractivity contribution in [1.82, 2.24) is 10.7 Å². The fraction of sp³-hybridized carbons (Fsp3) is 0.286. The number of nitrogens with one attached hydrogen (secondary N) is 3. The highest BCUT2D eigenvalue weighted by atomic mass is 79.9. The Hall–Kier alpha value is -2.65. The van der Waals surface area contributed by atoms with Crippen molar-refractivity contribution >= 4 is 51.1 Å². The molecule has 160 valence electrons. The summed E-state index contributed by atoms with van der Waals surface area (Å²) in [4.78, 5) is 12.2. The minimum Gasteiger partial charge on any atom is -0.490 e. The Bertz CT molecular complexity index is 904. The molecule has 0 aliphatic heterocycles. The van der Waals surface area contributed by atoms with E-state index in [-0.39, 0.29) is 12.5 Å². The van der Waals surface area contributed by atoms with Crippen LogP contribution in [0.15, 0.2) is 46.0 Å². The Kier molecular flexibility index (Phi) is 9.56. The fourth-order valence-electron chi connectivity index (χ4n) is 2.40. The number of thiocarbonyl (C=S) groups is 1. The summed E-state index contributed by atoms with van der Waals surface area (Å²) in [6.45, 7) is 6.81. The van der Waals surface area contributed by atoms with Gasteiger partial charge in [0.1, 0.15) is 0 Å². The van der Waals surface area contributed by atoms with E-state index in [9.17, 15) is 4.79 Å². The van der Waals surface area contributed by atoms with E-state index in [0.717, 1.165) is 11.1 Å². The molecule has 2 rings (SSSR count). The fourth-order valence-corrected chi connectivity index (χ4v) is 3.17. The first-order chi connectivity index (χ1) is 14.4. The summed E-state index contributed by atoms with van der Waals surface area (Å²) in [5.41, 5.74) is 5.34. The van der Waals surface area contributed by atoms with Gasteiger partial charge in [-0.2, -0.15) is 5.10 Å². The van der Waals surface area contributed by atoms with Gasteiger partial charge in [0.05, 0.1) is 17.3 Å². The van der Waals surface area contributed by atoms with Crippen LogP contribution in [0.4, 0.5) is 5.69 Å². The Labute approximate surface area is 190 Å². The molecule has 0 atom stereocenters. The number of anilines is 1. The lowest BCUT2D eigenvalue weighted by Gasteiger charge is -2.14. The largest absolute Gasteiger partial charge is 0.490 e. The number of hydrogen-bond acceptors (Lipinski definition) is 5. The van der Waals surface area contributed by atoms with Gasteiger partial charge in [-0.1, -0.05) is 17.7 Å². The van der Waals surface area contributed by atoms with Crippen LogP contribution in [-0.4, -0.2) is 37.0 Å². The zero-order valence-electron chi connectivity index (χ0n) is 17.1. The number of amides is 1. The van der Waals surface area contributed by atoms with Crippen LogP contribution in [0.3, 0.4) is 0 Å². The lowest BCUT2D eigenvalue weighted by atomic mass is 10.2. The van der Waals surface area contributed by atoms with Crippen molar-refractivity contribution in [2.75, 3.05) is 25.1 Å². The molecule has 0 saturated heterocycles. The Morgan fingerprint density at radius 2 is 1.93 bits per heavy atom. The minimum atomic E-state index is -0.264. The molecule has 0 spiro atoms. The van der Waals surface area contributed by atoms with Crippen molar-refractivity contribution in [2.24, 2.45) is 5.10 Å². The van der Waals surface area contributed by atoms with Gasteiger partial charge in [0.25, 0.3) is 5.91 Å². The van der Waals surface area contributed by atoms with Crippen molar-refractivity contribution in [3.05, 3.63) is 52.0 Å². The van der Waals surface area contributed by atoms with E-state index in [0.29, 0.717) is 39.9 Å². The lowest BCUT2D eigenvalue weighted by Crippen LogP contribution is -2.31. The van der Waals surface area contributed by atoms with E-state index in [1.165, 1.54) is 0 Å². The molecule has 9 heteroatoms. The molecular weight excluding hydrogens is 468 g/mol. The maximum absolute atomic E-state index is 12.2. The van der Waals surface area contributed by atoms with Gasteiger partial charge in [-0.05, 0) is 78.7 Å². The molecule has 0 bridgehead atoms. The average molecular weight is 493 g/mol. The molecule has 0 heterocycles. The van der Waals surface area contributed by atoms with E-state index in [2.05, 4.69) is 37.1 Å². The maximum atomic E-state index is 12.2. The van der Waals surface area contributed by atoms with Crippen LogP contribution in [0.5, 0.6) is 11.5 Å². The molecule has 2 aromatic carbocycles. The van der Waals surface area contributed by atoms with E-state index in [1.54, 1.807) is 12.3 Å². The molecule has 0 aromatic heterocycles. The van der Waals surface area contributed by atoms with Crippen molar-refractivity contribution in [1.29, 1.82) is 0 Å². The van der Waals surface area contributed by atoms with Gasteiger partial charge in [-0.3, -0.25) is 10.2 Å². The van der Waals surface area contributed by atoms with Crippen molar-refractivity contribution < 1.29 is 14.3 Å². The summed E-state index contributed by atoms with van der Waals surface area (Å²) in [6, 6.07) is 11.2. The third-order valence-electron chi connectivity index (χ3n) is 3.73. The number of aryl methyl sites for hydroxylation is 1. The number of carbonyl (C=O) groups excluding carboxylic acids is 1. The number of carbonyl (C=O) groups is 1. The van der Waals surface area contributed by atoms with Crippen LogP contribution in [0, 0.1) is 6.92 Å². The van der Waals surface area contributed by atoms with Gasteiger partial charge in [0, 0.05) is 12.2 Å². The summed E-state index contributed by atoms with van der Waals surface area (Å²) in [6.07, 6.45) is 1.62. The predicted molar refractivity (Wildman–Crippen MR) is 128 cm³/mol. The molecule has 2 aromatic rings. The lowest BCUT2D eigenvalue weighted by molar-refractivity contribution is -0.118. The summed E-state index contributed by atoms with van der Waals surface area (Å²) in [5.74, 6) is 0.690. The summed E-state index contributed by atoms with van der Waals surface area (Å²) >= 11 is 8.55. The Balaban J connectivity index is 2.05. The number of ether oxygens (including phenoxy) is 2. The first-order valence-corrected chi connectivity index (χ1v) is 10.7. The summed E-state index contributed by atoms with van der Waals surface area (Å²) in [5, 5.41) is 10.3. The molecule has 7 nitrogen and oxygen atoms in total. The molecule has 30 heavy (non-hydrogen) atoms. The predicted octanol–water partition coefficient (Wildman–Crippen LogP) is 3.99. The number of hydrazone groups is 1. The van der Waals surface area contributed by atoms with Crippen molar-refractivity contribution in [2.45, 2.75) is 20.8 Å². The van der Waals surface area contributed by atoms with Gasteiger partial charge < -0.3 is 20.1 Å². The van der Waals surface area contributed by atoms with E-state index >= 15 is 0 Å². The molecule has 0 aliphatic rings. The molecule has 0 saturated carbocycles.